The topological polar surface area (TPSA) is 45.7 Å². The van der Waals surface area contributed by atoms with Crippen molar-refractivity contribution in [2.75, 3.05) is 20.2 Å². The lowest BCUT2D eigenvalue weighted by molar-refractivity contribution is 0.320. The fraction of sp³-hybridized carbons (Fsp3) is 0.278. The summed E-state index contributed by atoms with van der Waals surface area (Å²) in [5, 5.41) is 6.40. The van der Waals surface area contributed by atoms with Crippen molar-refractivity contribution in [3.05, 3.63) is 65.5 Å². The molecule has 0 aliphatic carbocycles. The Balaban J connectivity index is 1.71. The first-order chi connectivity index (χ1) is 11.2. The van der Waals surface area contributed by atoms with Gasteiger partial charge in [-0.1, -0.05) is 35.9 Å². The van der Waals surface area contributed by atoms with E-state index in [9.17, 15) is 4.39 Å². The number of halogens is 1. The molecule has 2 N–H and O–H groups in total. The van der Waals surface area contributed by atoms with Gasteiger partial charge in [-0.3, -0.25) is 4.99 Å². The number of nitrogens with zero attached hydrogens (tertiary/aromatic N) is 1. The number of guanidine groups is 1. The molecule has 0 amide bonds. The minimum atomic E-state index is -0.300. The molecule has 0 aromatic heterocycles. The van der Waals surface area contributed by atoms with Crippen molar-refractivity contribution < 1.29 is 9.13 Å². The van der Waals surface area contributed by atoms with Crippen LogP contribution >= 0.6 is 0 Å². The van der Waals surface area contributed by atoms with Crippen molar-refractivity contribution in [2.45, 2.75) is 13.5 Å². The van der Waals surface area contributed by atoms with Crippen LogP contribution in [0.1, 0.15) is 11.1 Å². The van der Waals surface area contributed by atoms with E-state index in [-0.39, 0.29) is 5.82 Å². The summed E-state index contributed by atoms with van der Waals surface area (Å²) in [5.74, 6) is 0.926. The fourth-order valence-electron chi connectivity index (χ4n) is 2.12. The van der Waals surface area contributed by atoms with E-state index in [4.69, 9.17) is 4.74 Å². The lowest BCUT2D eigenvalue weighted by atomic mass is 10.1. The van der Waals surface area contributed by atoms with Gasteiger partial charge >= 0.3 is 0 Å². The van der Waals surface area contributed by atoms with Crippen LogP contribution in [-0.4, -0.2) is 26.2 Å². The van der Waals surface area contributed by atoms with Crippen molar-refractivity contribution in [1.82, 2.24) is 10.6 Å². The summed E-state index contributed by atoms with van der Waals surface area (Å²) in [6.45, 7) is 3.77. The van der Waals surface area contributed by atoms with Crippen LogP contribution in [0.4, 0.5) is 4.39 Å². The van der Waals surface area contributed by atoms with Crippen molar-refractivity contribution in [2.24, 2.45) is 4.99 Å². The minimum Gasteiger partial charge on any atom is -0.492 e. The van der Waals surface area contributed by atoms with E-state index in [1.165, 1.54) is 23.3 Å². The molecule has 2 aromatic rings. The van der Waals surface area contributed by atoms with Crippen LogP contribution < -0.4 is 15.4 Å². The number of benzene rings is 2. The standard InChI is InChI=1S/C18H22FN3O/c1-14-5-3-6-15(11-14)13-22-18(20-2)21-9-10-23-17-8-4-7-16(19)12-17/h3-8,11-12H,9-10,13H2,1-2H3,(H2,20,21,22). The number of rotatable bonds is 6. The quantitative estimate of drug-likeness (QED) is 0.489. The molecule has 0 heterocycles. The zero-order valence-corrected chi connectivity index (χ0v) is 13.5. The van der Waals surface area contributed by atoms with E-state index < -0.39 is 0 Å². The average Bonchev–Trinajstić information content (AvgIpc) is 2.54. The highest BCUT2D eigenvalue weighted by Gasteiger charge is 2.00. The van der Waals surface area contributed by atoms with Gasteiger partial charge in [0.05, 0.1) is 6.54 Å². The van der Waals surface area contributed by atoms with Gasteiger partial charge in [0.2, 0.25) is 0 Å². The molecule has 0 bridgehead atoms. The monoisotopic (exact) mass is 315 g/mol. The van der Waals surface area contributed by atoms with Gasteiger partial charge in [0, 0.05) is 19.7 Å². The Morgan fingerprint density at radius 3 is 2.70 bits per heavy atom. The smallest absolute Gasteiger partial charge is 0.191 e. The summed E-state index contributed by atoms with van der Waals surface area (Å²) < 4.78 is 18.5. The number of hydrogen-bond donors (Lipinski definition) is 2. The third-order valence-electron chi connectivity index (χ3n) is 3.23. The highest BCUT2D eigenvalue weighted by molar-refractivity contribution is 5.79. The predicted octanol–water partition coefficient (Wildman–Crippen LogP) is 2.88. The molecular weight excluding hydrogens is 293 g/mol. The van der Waals surface area contributed by atoms with Crippen LogP contribution in [-0.2, 0) is 6.54 Å². The van der Waals surface area contributed by atoms with E-state index in [1.54, 1.807) is 19.2 Å². The molecule has 5 heteroatoms. The molecule has 23 heavy (non-hydrogen) atoms. The molecule has 0 atom stereocenters. The molecule has 4 nitrogen and oxygen atoms in total. The number of aryl methyl sites for hydroxylation is 1. The summed E-state index contributed by atoms with van der Waals surface area (Å²) in [6.07, 6.45) is 0. The van der Waals surface area contributed by atoms with E-state index in [2.05, 4.69) is 40.7 Å². The highest BCUT2D eigenvalue weighted by atomic mass is 19.1. The predicted molar refractivity (Wildman–Crippen MR) is 91.3 cm³/mol. The molecule has 0 spiro atoms. The van der Waals surface area contributed by atoms with Gasteiger partial charge in [-0.2, -0.15) is 0 Å². The van der Waals surface area contributed by atoms with Gasteiger partial charge in [-0.15, -0.1) is 0 Å². The maximum absolute atomic E-state index is 13.0. The largest absolute Gasteiger partial charge is 0.492 e. The third-order valence-corrected chi connectivity index (χ3v) is 3.23. The van der Waals surface area contributed by atoms with E-state index >= 15 is 0 Å². The van der Waals surface area contributed by atoms with Crippen molar-refractivity contribution >= 4 is 5.96 Å². The van der Waals surface area contributed by atoms with Crippen LogP contribution in [0.15, 0.2) is 53.5 Å². The Kier molecular flexibility index (Phi) is 6.41. The molecule has 122 valence electrons. The van der Waals surface area contributed by atoms with Crippen molar-refractivity contribution in [3.63, 3.8) is 0 Å². The molecule has 0 saturated carbocycles. The van der Waals surface area contributed by atoms with Crippen molar-refractivity contribution in [1.29, 1.82) is 0 Å². The summed E-state index contributed by atoms with van der Waals surface area (Å²) in [5.41, 5.74) is 2.43. The molecular formula is C18H22FN3O. The first-order valence-electron chi connectivity index (χ1n) is 7.56. The third kappa shape index (κ3) is 5.98. The molecule has 0 aliphatic rings. The fourth-order valence-corrected chi connectivity index (χ4v) is 2.12. The molecule has 0 aliphatic heterocycles. The van der Waals surface area contributed by atoms with Gasteiger partial charge in [0.25, 0.3) is 0 Å². The Morgan fingerprint density at radius 2 is 1.96 bits per heavy atom. The van der Waals surface area contributed by atoms with Gasteiger partial charge < -0.3 is 15.4 Å². The Hall–Kier alpha value is -2.56. The van der Waals surface area contributed by atoms with Gasteiger partial charge in [0.1, 0.15) is 18.2 Å². The lowest BCUT2D eigenvalue weighted by Gasteiger charge is -2.13. The number of aliphatic imine (C=N–C) groups is 1. The number of nitrogens with one attached hydrogen (secondary N) is 2. The number of hydrogen-bond acceptors (Lipinski definition) is 2. The SMILES string of the molecule is CN=C(NCCOc1cccc(F)c1)NCc1cccc(C)c1. The zero-order valence-electron chi connectivity index (χ0n) is 13.5. The van der Waals surface area contributed by atoms with E-state index in [1.807, 2.05) is 6.07 Å². The summed E-state index contributed by atoms with van der Waals surface area (Å²) in [7, 11) is 1.72. The Bertz CT molecular complexity index is 658. The second-order valence-corrected chi connectivity index (χ2v) is 5.15. The Morgan fingerprint density at radius 1 is 1.13 bits per heavy atom. The van der Waals surface area contributed by atoms with Crippen LogP contribution in [0, 0.1) is 12.7 Å². The molecule has 0 fully saturated rings. The van der Waals surface area contributed by atoms with E-state index in [0.29, 0.717) is 31.4 Å². The lowest BCUT2D eigenvalue weighted by Crippen LogP contribution is -2.38. The molecule has 0 saturated heterocycles. The van der Waals surface area contributed by atoms with Gasteiger partial charge in [0.15, 0.2) is 5.96 Å². The maximum atomic E-state index is 13.0. The zero-order chi connectivity index (χ0) is 16.5. The average molecular weight is 315 g/mol. The summed E-state index contributed by atoms with van der Waals surface area (Å²) >= 11 is 0. The highest BCUT2D eigenvalue weighted by Crippen LogP contribution is 2.11. The first kappa shape index (κ1) is 16.8. The first-order valence-corrected chi connectivity index (χ1v) is 7.56. The summed E-state index contributed by atoms with van der Waals surface area (Å²) in [4.78, 5) is 4.16. The van der Waals surface area contributed by atoms with Crippen LogP contribution in [0.5, 0.6) is 5.75 Å². The van der Waals surface area contributed by atoms with Crippen LogP contribution in [0.3, 0.4) is 0 Å². The van der Waals surface area contributed by atoms with Crippen LogP contribution in [0.25, 0.3) is 0 Å². The second kappa shape index (κ2) is 8.78. The molecule has 2 aromatic carbocycles. The van der Waals surface area contributed by atoms with Crippen LogP contribution in [0.2, 0.25) is 0 Å². The molecule has 2 rings (SSSR count). The minimum absolute atomic E-state index is 0.300. The second-order valence-electron chi connectivity index (χ2n) is 5.15. The van der Waals surface area contributed by atoms with Gasteiger partial charge in [-0.05, 0) is 24.6 Å². The molecule has 0 unspecified atom stereocenters. The molecule has 0 radical (unpaired) electrons. The summed E-state index contributed by atoms with van der Waals surface area (Å²) in [6, 6.07) is 14.4. The van der Waals surface area contributed by atoms with Gasteiger partial charge in [-0.25, -0.2) is 4.39 Å². The Labute approximate surface area is 136 Å². The number of ether oxygens (including phenoxy) is 1. The maximum Gasteiger partial charge on any atom is 0.191 e. The normalized spacial score (nSPS) is 11.2. The van der Waals surface area contributed by atoms with E-state index in [0.717, 1.165) is 0 Å². The van der Waals surface area contributed by atoms with Crippen molar-refractivity contribution in [3.8, 4) is 5.75 Å².